The second kappa shape index (κ2) is 7.66. The summed E-state index contributed by atoms with van der Waals surface area (Å²) < 4.78 is 5.24. The van der Waals surface area contributed by atoms with E-state index in [1.165, 1.54) is 0 Å². The van der Waals surface area contributed by atoms with E-state index >= 15 is 0 Å². The number of rotatable bonds is 6. The number of carbonyl (C=O) groups is 1. The maximum Gasteiger partial charge on any atom is 0.236 e. The Labute approximate surface area is 114 Å². The van der Waals surface area contributed by atoms with E-state index in [-0.39, 0.29) is 11.8 Å². The number of nitrogens with zero attached hydrogens (tertiary/aromatic N) is 2. The third-order valence-corrected chi connectivity index (χ3v) is 3.59. The van der Waals surface area contributed by atoms with Gasteiger partial charge in [0.15, 0.2) is 0 Å². The average molecular weight is 273 g/mol. The van der Waals surface area contributed by atoms with Crippen molar-refractivity contribution in [2.45, 2.75) is 13.8 Å². The van der Waals surface area contributed by atoms with Gasteiger partial charge in [-0.15, -0.1) is 0 Å². The molecule has 1 fully saturated rings. The zero-order chi connectivity index (χ0) is 13.5. The number of hydrogen-bond donors (Lipinski definition) is 1. The molecule has 1 atom stereocenters. The fraction of sp³-hybridized carbons (Fsp3) is 0.833. The fourth-order valence-electron chi connectivity index (χ4n) is 1.89. The van der Waals surface area contributed by atoms with Crippen molar-refractivity contribution < 1.29 is 9.53 Å². The first-order chi connectivity index (χ1) is 8.54. The molecule has 1 rings (SSSR count). The van der Waals surface area contributed by atoms with Crippen molar-refractivity contribution in [1.29, 1.82) is 0 Å². The van der Waals surface area contributed by atoms with Gasteiger partial charge in [-0.2, -0.15) is 0 Å². The van der Waals surface area contributed by atoms with E-state index in [1.807, 2.05) is 18.7 Å². The second-order valence-electron chi connectivity index (χ2n) is 4.62. The van der Waals surface area contributed by atoms with Crippen molar-refractivity contribution >= 4 is 23.1 Å². The molecule has 1 amide bonds. The van der Waals surface area contributed by atoms with Crippen LogP contribution in [0.25, 0.3) is 0 Å². The predicted molar refractivity (Wildman–Crippen MR) is 75.5 cm³/mol. The van der Waals surface area contributed by atoms with Gasteiger partial charge in [-0.05, 0) is 6.54 Å². The quantitative estimate of drug-likeness (QED) is 0.695. The summed E-state index contributed by atoms with van der Waals surface area (Å²) in [7, 11) is 0. The topological polar surface area (TPSA) is 58.8 Å². The number of morpholine rings is 1. The second-order valence-corrected chi connectivity index (χ2v) is 5.10. The number of amides is 1. The normalized spacial score (nSPS) is 17.8. The highest BCUT2D eigenvalue weighted by Gasteiger charge is 2.20. The Balaban J connectivity index is 2.41. The van der Waals surface area contributed by atoms with Crippen LogP contribution in [0.15, 0.2) is 0 Å². The van der Waals surface area contributed by atoms with Crippen LogP contribution >= 0.6 is 12.2 Å². The summed E-state index contributed by atoms with van der Waals surface area (Å²) in [5, 5.41) is 0. The zero-order valence-corrected chi connectivity index (χ0v) is 12.0. The van der Waals surface area contributed by atoms with Gasteiger partial charge in [0.25, 0.3) is 0 Å². The molecule has 0 spiro atoms. The van der Waals surface area contributed by atoms with E-state index in [2.05, 4.69) is 4.90 Å². The number of hydrogen-bond acceptors (Lipinski definition) is 4. The summed E-state index contributed by atoms with van der Waals surface area (Å²) in [5.41, 5.74) is 5.61. The van der Waals surface area contributed by atoms with Crippen LogP contribution in [0.4, 0.5) is 0 Å². The van der Waals surface area contributed by atoms with Crippen LogP contribution in [-0.2, 0) is 9.53 Å². The molecule has 104 valence electrons. The molecular formula is C12H23N3O2S. The van der Waals surface area contributed by atoms with Crippen LogP contribution in [0.5, 0.6) is 0 Å². The molecule has 6 heteroatoms. The fourth-order valence-corrected chi connectivity index (χ4v) is 1.96. The zero-order valence-electron chi connectivity index (χ0n) is 11.2. The minimum absolute atomic E-state index is 0.137. The van der Waals surface area contributed by atoms with Gasteiger partial charge in [0, 0.05) is 25.6 Å². The highest BCUT2D eigenvalue weighted by Crippen LogP contribution is 2.03. The van der Waals surface area contributed by atoms with Gasteiger partial charge >= 0.3 is 0 Å². The Bertz CT molecular complexity index is 293. The summed E-state index contributed by atoms with van der Waals surface area (Å²) in [6.45, 7) is 8.70. The molecule has 5 nitrogen and oxygen atoms in total. The lowest BCUT2D eigenvalue weighted by Crippen LogP contribution is -2.47. The molecule has 1 heterocycles. The standard InChI is InChI=1S/C12H23N3O2S/c1-3-14(8-10(2)12(13)18)9-11(16)15-4-6-17-7-5-15/h10H,3-9H2,1-2H3,(H2,13,18). The molecule has 2 N–H and O–H groups in total. The van der Waals surface area contributed by atoms with Crippen molar-refractivity contribution in [3.63, 3.8) is 0 Å². The van der Waals surface area contributed by atoms with E-state index < -0.39 is 0 Å². The number of nitrogens with two attached hydrogens (primary N) is 1. The van der Waals surface area contributed by atoms with E-state index in [1.54, 1.807) is 0 Å². The van der Waals surface area contributed by atoms with E-state index in [9.17, 15) is 4.79 Å². The molecule has 0 aromatic carbocycles. The van der Waals surface area contributed by atoms with Gasteiger partial charge in [-0.1, -0.05) is 26.1 Å². The summed E-state index contributed by atoms with van der Waals surface area (Å²) in [6.07, 6.45) is 0. The van der Waals surface area contributed by atoms with Crippen LogP contribution in [0.2, 0.25) is 0 Å². The first-order valence-electron chi connectivity index (χ1n) is 6.41. The molecule has 0 bridgehead atoms. The maximum atomic E-state index is 12.1. The summed E-state index contributed by atoms with van der Waals surface area (Å²) in [4.78, 5) is 16.5. The number of carbonyl (C=O) groups excluding carboxylic acids is 1. The molecule has 1 aliphatic rings. The maximum absolute atomic E-state index is 12.1. The van der Waals surface area contributed by atoms with Gasteiger partial charge in [0.1, 0.15) is 0 Å². The van der Waals surface area contributed by atoms with Gasteiger partial charge in [0.05, 0.1) is 24.7 Å². The Morgan fingerprint density at radius 2 is 2.11 bits per heavy atom. The molecule has 0 aliphatic carbocycles. The van der Waals surface area contributed by atoms with Crippen molar-refractivity contribution in [2.75, 3.05) is 45.9 Å². The molecule has 18 heavy (non-hydrogen) atoms. The molecule has 0 saturated carbocycles. The Morgan fingerprint density at radius 3 is 2.61 bits per heavy atom. The average Bonchev–Trinajstić information content (AvgIpc) is 2.38. The monoisotopic (exact) mass is 273 g/mol. The molecule has 1 saturated heterocycles. The highest BCUT2D eigenvalue weighted by molar-refractivity contribution is 7.80. The lowest BCUT2D eigenvalue weighted by molar-refractivity contribution is -0.136. The van der Waals surface area contributed by atoms with Gasteiger partial charge in [0.2, 0.25) is 5.91 Å². The van der Waals surface area contributed by atoms with Gasteiger partial charge < -0.3 is 15.4 Å². The SMILES string of the molecule is CCN(CC(=O)N1CCOCC1)CC(C)C(N)=S. The van der Waals surface area contributed by atoms with Gasteiger partial charge in [-0.25, -0.2) is 0 Å². The van der Waals surface area contributed by atoms with Crippen molar-refractivity contribution in [1.82, 2.24) is 9.80 Å². The molecule has 0 aromatic heterocycles. The van der Waals surface area contributed by atoms with Crippen LogP contribution in [0.3, 0.4) is 0 Å². The lowest BCUT2D eigenvalue weighted by atomic mass is 10.1. The van der Waals surface area contributed by atoms with Gasteiger partial charge in [-0.3, -0.25) is 9.69 Å². The molecule has 1 unspecified atom stereocenters. The third kappa shape index (κ3) is 4.88. The van der Waals surface area contributed by atoms with Crippen molar-refractivity contribution in [3.8, 4) is 0 Å². The highest BCUT2D eigenvalue weighted by atomic mass is 32.1. The third-order valence-electron chi connectivity index (χ3n) is 3.19. The number of likely N-dealkylation sites (N-methyl/N-ethyl adjacent to an activating group) is 1. The Kier molecular flexibility index (Phi) is 6.52. The largest absolute Gasteiger partial charge is 0.393 e. The molecule has 0 aromatic rings. The molecule has 0 radical (unpaired) electrons. The van der Waals surface area contributed by atoms with E-state index in [0.29, 0.717) is 37.8 Å². The summed E-state index contributed by atoms with van der Waals surface area (Å²) in [6, 6.07) is 0. The van der Waals surface area contributed by atoms with Crippen LogP contribution in [-0.4, -0.2) is 66.6 Å². The minimum atomic E-state index is 0.137. The Morgan fingerprint density at radius 1 is 1.50 bits per heavy atom. The number of thiocarbonyl (C=S) groups is 1. The first kappa shape index (κ1) is 15.3. The van der Waals surface area contributed by atoms with E-state index in [4.69, 9.17) is 22.7 Å². The minimum Gasteiger partial charge on any atom is -0.393 e. The molecular weight excluding hydrogens is 250 g/mol. The van der Waals surface area contributed by atoms with E-state index in [0.717, 1.165) is 13.1 Å². The molecule has 1 aliphatic heterocycles. The van der Waals surface area contributed by atoms with Crippen LogP contribution in [0, 0.1) is 5.92 Å². The summed E-state index contributed by atoms with van der Waals surface area (Å²) >= 11 is 4.96. The van der Waals surface area contributed by atoms with Crippen LogP contribution < -0.4 is 5.73 Å². The lowest BCUT2D eigenvalue weighted by Gasteiger charge is -2.30. The smallest absolute Gasteiger partial charge is 0.236 e. The Hall–Kier alpha value is -0.720. The summed E-state index contributed by atoms with van der Waals surface area (Å²) in [5.74, 6) is 0.299. The first-order valence-corrected chi connectivity index (χ1v) is 6.82. The van der Waals surface area contributed by atoms with Crippen molar-refractivity contribution in [2.24, 2.45) is 11.7 Å². The van der Waals surface area contributed by atoms with Crippen LogP contribution in [0.1, 0.15) is 13.8 Å². The predicted octanol–water partition coefficient (Wildman–Crippen LogP) is 0.0893. The van der Waals surface area contributed by atoms with Crippen molar-refractivity contribution in [3.05, 3.63) is 0 Å². The number of ether oxygens (including phenoxy) is 1.